The number of carbonyl (C=O) groups excluding carboxylic acids is 1. The van der Waals surface area contributed by atoms with Gasteiger partial charge >= 0.3 is 5.97 Å². The van der Waals surface area contributed by atoms with Gasteiger partial charge < -0.3 is 15.4 Å². The third-order valence-electron chi connectivity index (χ3n) is 4.00. The summed E-state index contributed by atoms with van der Waals surface area (Å²) >= 11 is 0. The van der Waals surface area contributed by atoms with E-state index >= 15 is 0 Å². The molecule has 6 heteroatoms. The van der Waals surface area contributed by atoms with Gasteiger partial charge in [0.1, 0.15) is 5.82 Å². The van der Waals surface area contributed by atoms with Gasteiger partial charge in [-0.25, -0.2) is 9.78 Å². The summed E-state index contributed by atoms with van der Waals surface area (Å²) in [4.78, 5) is 20.7. The van der Waals surface area contributed by atoms with Gasteiger partial charge in [-0.3, -0.25) is 0 Å². The molecule has 3 aromatic rings. The summed E-state index contributed by atoms with van der Waals surface area (Å²) in [5.41, 5.74) is 5.50. The van der Waals surface area contributed by atoms with Gasteiger partial charge in [-0.2, -0.15) is 4.98 Å². The maximum atomic E-state index is 11.7. The molecule has 0 fully saturated rings. The Morgan fingerprint density at radius 2 is 1.57 bits per heavy atom. The second kappa shape index (κ2) is 8.52. The first kappa shape index (κ1) is 19.4. The summed E-state index contributed by atoms with van der Waals surface area (Å²) < 4.78 is 5.00. The molecular weight excluding hydrogens is 352 g/mol. The third kappa shape index (κ3) is 5.07. The van der Waals surface area contributed by atoms with Gasteiger partial charge in [-0.15, -0.1) is 0 Å². The van der Waals surface area contributed by atoms with Crippen molar-refractivity contribution in [3.63, 3.8) is 0 Å². The van der Waals surface area contributed by atoms with Crippen LogP contribution in [0, 0.1) is 20.8 Å². The summed E-state index contributed by atoms with van der Waals surface area (Å²) in [6.07, 6.45) is 0. The molecule has 0 aliphatic heterocycles. The number of aryl methyl sites for hydroxylation is 3. The van der Waals surface area contributed by atoms with E-state index in [2.05, 4.69) is 52.6 Å². The zero-order valence-corrected chi connectivity index (χ0v) is 16.5. The normalized spacial score (nSPS) is 10.4. The van der Waals surface area contributed by atoms with Crippen molar-refractivity contribution in [1.29, 1.82) is 0 Å². The Bertz CT molecular complexity index is 964. The Hall–Kier alpha value is -3.41. The molecular formula is C22H24N4O2. The van der Waals surface area contributed by atoms with Crippen LogP contribution in [0.15, 0.2) is 48.5 Å². The average Bonchev–Trinajstić information content (AvgIpc) is 2.61. The lowest BCUT2D eigenvalue weighted by molar-refractivity contribution is 0.0526. The average molecular weight is 376 g/mol. The Kier molecular flexibility index (Phi) is 5.89. The lowest BCUT2D eigenvalue weighted by atomic mass is 10.1. The fraction of sp³-hybridized carbons (Fsp3) is 0.227. The highest BCUT2D eigenvalue weighted by atomic mass is 16.5. The van der Waals surface area contributed by atoms with Crippen molar-refractivity contribution >= 4 is 29.1 Å². The van der Waals surface area contributed by atoms with E-state index in [-0.39, 0.29) is 5.97 Å². The molecule has 2 aromatic carbocycles. The van der Waals surface area contributed by atoms with Crippen molar-refractivity contribution in [3.05, 3.63) is 70.9 Å². The molecule has 0 unspecified atom stereocenters. The summed E-state index contributed by atoms with van der Waals surface area (Å²) in [6.45, 7) is 8.19. The lowest BCUT2D eigenvalue weighted by Crippen LogP contribution is -2.05. The van der Waals surface area contributed by atoms with E-state index in [0.717, 1.165) is 17.1 Å². The maximum absolute atomic E-state index is 11.7. The number of rotatable bonds is 6. The monoisotopic (exact) mass is 376 g/mol. The molecule has 0 aliphatic rings. The molecule has 6 nitrogen and oxygen atoms in total. The van der Waals surface area contributed by atoms with Crippen LogP contribution < -0.4 is 10.6 Å². The van der Waals surface area contributed by atoms with Crippen LogP contribution in [-0.2, 0) is 4.74 Å². The van der Waals surface area contributed by atoms with Gasteiger partial charge in [-0.1, -0.05) is 6.07 Å². The van der Waals surface area contributed by atoms with Crippen LogP contribution in [0.25, 0.3) is 0 Å². The van der Waals surface area contributed by atoms with Crippen LogP contribution in [0.1, 0.15) is 34.1 Å². The molecule has 0 saturated carbocycles. The Morgan fingerprint density at radius 1 is 0.893 bits per heavy atom. The number of carbonyl (C=O) groups is 1. The Morgan fingerprint density at radius 3 is 2.21 bits per heavy atom. The maximum Gasteiger partial charge on any atom is 0.338 e. The fourth-order valence-corrected chi connectivity index (χ4v) is 2.92. The number of hydrogen-bond donors (Lipinski definition) is 2. The highest BCUT2D eigenvalue weighted by Gasteiger charge is 2.07. The summed E-state index contributed by atoms with van der Waals surface area (Å²) in [7, 11) is 0. The minimum absolute atomic E-state index is 0.333. The molecule has 0 aliphatic carbocycles. The summed E-state index contributed by atoms with van der Waals surface area (Å²) in [5.74, 6) is 0.861. The highest BCUT2D eigenvalue weighted by molar-refractivity contribution is 5.89. The number of aromatic nitrogens is 2. The van der Waals surface area contributed by atoms with Gasteiger partial charge in [-0.05, 0) is 75.2 Å². The van der Waals surface area contributed by atoms with Crippen LogP contribution in [0.4, 0.5) is 23.1 Å². The number of nitrogens with one attached hydrogen (secondary N) is 2. The van der Waals surface area contributed by atoms with Crippen molar-refractivity contribution in [2.75, 3.05) is 17.2 Å². The molecule has 1 heterocycles. The second-order valence-electron chi connectivity index (χ2n) is 6.64. The van der Waals surface area contributed by atoms with Gasteiger partial charge in [0.2, 0.25) is 5.95 Å². The third-order valence-corrected chi connectivity index (χ3v) is 4.00. The van der Waals surface area contributed by atoms with E-state index in [1.54, 1.807) is 31.2 Å². The quantitative estimate of drug-likeness (QED) is 0.585. The molecule has 3 rings (SSSR count). The summed E-state index contributed by atoms with van der Waals surface area (Å²) in [6, 6.07) is 15.2. The molecule has 1 aromatic heterocycles. The van der Waals surface area contributed by atoms with E-state index in [0.29, 0.717) is 23.9 Å². The minimum Gasteiger partial charge on any atom is -0.462 e. The molecule has 0 radical (unpaired) electrons. The largest absolute Gasteiger partial charge is 0.462 e. The molecule has 28 heavy (non-hydrogen) atoms. The van der Waals surface area contributed by atoms with Gasteiger partial charge in [0, 0.05) is 23.1 Å². The van der Waals surface area contributed by atoms with Crippen molar-refractivity contribution in [2.45, 2.75) is 27.7 Å². The first-order valence-electron chi connectivity index (χ1n) is 9.18. The standard InChI is InChI=1S/C22H24N4O2/c1-5-28-21(27)17-6-8-18(9-7-17)25-22-23-16(4)13-20(26-22)24-19-11-14(2)10-15(3)12-19/h6-13H,5H2,1-4H3,(H2,23,24,25,26). The van der Waals surface area contributed by atoms with Crippen molar-refractivity contribution in [1.82, 2.24) is 9.97 Å². The second-order valence-corrected chi connectivity index (χ2v) is 6.64. The van der Waals surface area contributed by atoms with Crippen LogP contribution in [0.3, 0.4) is 0 Å². The van der Waals surface area contributed by atoms with Crippen LogP contribution in [0.5, 0.6) is 0 Å². The number of benzene rings is 2. The molecule has 0 atom stereocenters. The van der Waals surface area contributed by atoms with E-state index in [1.165, 1.54) is 11.1 Å². The number of anilines is 4. The number of nitrogens with zero attached hydrogens (tertiary/aromatic N) is 2. The molecule has 0 bridgehead atoms. The SMILES string of the molecule is CCOC(=O)c1ccc(Nc2nc(C)cc(Nc3cc(C)cc(C)c3)n2)cc1. The van der Waals surface area contributed by atoms with Crippen molar-refractivity contribution in [2.24, 2.45) is 0 Å². The molecule has 144 valence electrons. The fourth-order valence-electron chi connectivity index (χ4n) is 2.92. The topological polar surface area (TPSA) is 76.1 Å². The Labute approximate surface area is 165 Å². The zero-order chi connectivity index (χ0) is 20.1. The predicted molar refractivity (Wildman–Crippen MR) is 112 cm³/mol. The highest BCUT2D eigenvalue weighted by Crippen LogP contribution is 2.21. The van der Waals surface area contributed by atoms with E-state index in [1.807, 2.05) is 13.0 Å². The van der Waals surface area contributed by atoms with Gasteiger partial charge in [0.05, 0.1) is 12.2 Å². The molecule has 0 amide bonds. The van der Waals surface area contributed by atoms with Gasteiger partial charge in [0.15, 0.2) is 0 Å². The first-order valence-corrected chi connectivity index (χ1v) is 9.18. The Balaban J connectivity index is 1.77. The lowest BCUT2D eigenvalue weighted by Gasteiger charge is -2.11. The van der Waals surface area contributed by atoms with E-state index in [9.17, 15) is 4.79 Å². The van der Waals surface area contributed by atoms with Crippen LogP contribution in [-0.4, -0.2) is 22.5 Å². The van der Waals surface area contributed by atoms with Crippen molar-refractivity contribution in [3.8, 4) is 0 Å². The predicted octanol–water partition coefficient (Wildman–Crippen LogP) is 5.07. The van der Waals surface area contributed by atoms with E-state index in [4.69, 9.17) is 4.74 Å². The number of hydrogen-bond acceptors (Lipinski definition) is 6. The first-order chi connectivity index (χ1) is 13.4. The molecule has 0 spiro atoms. The molecule has 2 N–H and O–H groups in total. The van der Waals surface area contributed by atoms with E-state index < -0.39 is 0 Å². The molecule has 0 saturated heterocycles. The minimum atomic E-state index is -0.333. The van der Waals surface area contributed by atoms with Crippen LogP contribution in [0.2, 0.25) is 0 Å². The zero-order valence-electron chi connectivity index (χ0n) is 16.5. The number of ether oxygens (including phenoxy) is 1. The van der Waals surface area contributed by atoms with Crippen molar-refractivity contribution < 1.29 is 9.53 Å². The van der Waals surface area contributed by atoms with Crippen LogP contribution >= 0.6 is 0 Å². The smallest absolute Gasteiger partial charge is 0.338 e. The van der Waals surface area contributed by atoms with Gasteiger partial charge in [0.25, 0.3) is 0 Å². The number of esters is 1. The summed E-state index contributed by atoms with van der Waals surface area (Å²) in [5, 5.41) is 6.52.